The van der Waals surface area contributed by atoms with Gasteiger partial charge in [0.2, 0.25) is 0 Å². The highest BCUT2D eigenvalue weighted by Gasteiger charge is 2.39. The van der Waals surface area contributed by atoms with Crippen LogP contribution >= 0.6 is 11.3 Å². The van der Waals surface area contributed by atoms with Crippen molar-refractivity contribution in [1.82, 2.24) is 9.88 Å². The molecule has 2 aliphatic rings. The quantitative estimate of drug-likeness (QED) is 0.854. The van der Waals surface area contributed by atoms with E-state index in [1.165, 1.54) is 11.3 Å². The van der Waals surface area contributed by atoms with Crippen LogP contribution in [0.4, 0.5) is 0 Å². The third-order valence-corrected chi connectivity index (χ3v) is 5.33. The second-order valence-corrected chi connectivity index (χ2v) is 6.81. The molecule has 4 rings (SSSR count). The van der Waals surface area contributed by atoms with Crippen molar-refractivity contribution < 1.29 is 13.9 Å². The fourth-order valence-electron chi connectivity index (χ4n) is 3.33. The van der Waals surface area contributed by atoms with Crippen molar-refractivity contribution in [3.05, 3.63) is 29.0 Å². The Labute approximate surface area is 132 Å². The van der Waals surface area contributed by atoms with Crippen molar-refractivity contribution >= 4 is 17.2 Å². The third-order valence-electron chi connectivity index (χ3n) is 4.47. The van der Waals surface area contributed by atoms with Crippen LogP contribution < -0.4 is 0 Å². The van der Waals surface area contributed by atoms with Crippen LogP contribution in [0.15, 0.2) is 21.9 Å². The van der Waals surface area contributed by atoms with Gasteiger partial charge in [0, 0.05) is 17.8 Å². The molecule has 2 fully saturated rings. The molecule has 0 unspecified atom stereocenters. The molecule has 0 radical (unpaired) electrons. The molecule has 0 bridgehead atoms. The molecule has 2 aromatic heterocycles. The van der Waals surface area contributed by atoms with Gasteiger partial charge in [-0.1, -0.05) is 0 Å². The average Bonchev–Trinajstić information content (AvgIpc) is 3.25. The van der Waals surface area contributed by atoms with E-state index in [0.717, 1.165) is 42.5 Å². The van der Waals surface area contributed by atoms with Gasteiger partial charge in [0.05, 0.1) is 19.3 Å². The lowest BCUT2D eigenvalue weighted by molar-refractivity contribution is 0.0554. The Kier molecular flexibility index (Phi) is 3.50. The maximum atomic E-state index is 12.8. The fourth-order valence-corrected chi connectivity index (χ4v) is 4.08. The highest BCUT2D eigenvalue weighted by Crippen LogP contribution is 2.31. The molecule has 6 heteroatoms. The molecule has 22 heavy (non-hydrogen) atoms. The Morgan fingerprint density at radius 3 is 3.14 bits per heavy atom. The van der Waals surface area contributed by atoms with Gasteiger partial charge in [-0.2, -0.15) is 0 Å². The van der Waals surface area contributed by atoms with E-state index in [9.17, 15) is 4.79 Å². The van der Waals surface area contributed by atoms with Gasteiger partial charge in [0.25, 0.3) is 5.91 Å². The summed E-state index contributed by atoms with van der Waals surface area (Å²) < 4.78 is 11.1. The molecule has 0 aliphatic carbocycles. The Balaban J connectivity index is 1.56. The lowest BCUT2D eigenvalue weighted by Gasteiger charge is -2.35. The summed E-state index contributed by atoms with van der Waals surface area (Å²) in [4.78, 5) is 19.2. The lowest BCUT2D eigenvalue weighted by Crippen LogP contribution is -2.48. The van der Waals surface area contributed by atoms with E-state index in [2.05, 4.69) is 4.98 Å². The van der Waals surface area contributed by atoms with Crippen molar-refractivity contribution in [3.63, 3.8) is 0 Å². The molecule has 0 N–H and O–H groups in total. The standard InChI is InChI=1S/C16H18N2O3S/c1-10-4-5-14(21-10)15-17-12(9-22-15)16(19)18-6-2-3-11-7-20-8-13(11)18/h4-5,9,11,13H,2-3,6-8H2,1H3/t11-,13+/m1/s1. The number of rotatable bonds is 2. The summed E-state index contributed by atoms with van der Waals surface area (Å²) in [5, 5.41) is 2.59. The number of likely N-dealkylation sites (tertiary alicyclic amines) is 1. The van der Waals surface area contributed by atoms with Gasteiger partial charge < -0.3 is 14.1 Å². The first-order valence-electron chi connectivity index (χ1n) is 7.63. The SMILES string of the molecule is Cc1ccc(-c2nc(C(=O)N3CCC[C@@H]4COC[C@@H]43)cs2)o1. The number of aryl methyl sites for hydroxylation is 1. The number of amides is 1. The highest BCUT2D eigenvalue weighted by molar-refractivity contribution is 7.13. The first-order valence-corrected chi connectivity index (χ1v) is 8.51. The average molecular weight is 318 g/mol. The summed E-state index contributed by atoms with van der Waals surface area (Å²) in [6.45, 7) is 4.14. The maximum Gasteiger partial charge on any atom is 0.273 e. The molecular weight excluding hydrogens is 300 g/mol. The van der Waals surface area contributed by atoms with Crippen LogP contribution in [0.1, 0.15) is 29.1 Å². The van der Waals surface area contributed by atoms with Gasteiger partial charge in [0.15, 0.2) is 10.8 Å². The van der Waals surface area contributed by atoms with E-state index in [-0.39, 0.29) is 11.9 Å². The number of thiazole rings is 1. The Morgan fingerprint density at radius 2 is 2.32 bits per heavy atom. The number of furan rings is 1. The summed E-state index contributed by atoms with van der Waals surface area (Å²) in [6.07, 6.45) is 2.20. The van der Waals surface area contributed by atoms with Crippen LogP contribution in [0.3, 0.4) is 0 Å². The van der Waals surface area contributed by atoms with E-state index >= 15 is 0 Å². The number of carbonyl (C=O) groups is 1. The van der Waals surface area contributed by atoms with Crippen LogP contribution in [0.5, 0.6) is 0 Å². The molecule has 2 aromatic rings. The number of ether oxygens (including phenoxy) is 1. The minimum Gasteiger partial charge on any atom is -0.459 e. The molecule has 2 atom stereocenters. The van der Waals surface area contributed by atoms with E-state index in [4.69, 9.17) is 9.15 Å². The van der Waals surface area contributed by atoms with Crippen LogP contribution in [-0.2, 0) is 4.74 Å². The number of nitrogens with zero attached hydrogens (tertiary/aromatic N) is 2. The molecule has 0 spiro atoms. The van der Waals surface area contributed by atoms with Gasteiger partial charge >= 0.3 is 0 Å². The van der Waals surface area contributed by atoms with Gasteiger partial charge in [-0.3, -0.25) is 4.79 Å². The zero-order chi connectivity index (χ0) is 15.1. The minimum atomic E-state index is 0.0194. The largest absolute Gasteiger partial charge is 0.459 e. The predicted molar refractivity (Wildman–Crippen MR) is 82.9 cm³/mol. The van der Waals surface area contributed by atoms with Crippen LogP contribution in [0, 0.1) is 12.8 Å². The van der Waals surface area contributed by atoms with Gasteiger partial charge in [-0.05, 0) is 31.9 Å². The maximum absolute atomic E-state index is 12.8. The first kappa shape index (κ1) is 14.0. The second-order valence-electron chi connectivity index (χ2n) is 5.95. The summed E-state index contributed by atoms with van der Waals surface area (Å²) >= 11 is 1.45. The van der Waals surface area contributed by atoms with E-state index < -0.39 is 0 Å². The minimum absolute atomic E-state index is 0.0194. The lowest BCUT2D eigenvalue weighted by atomic mass is 9.92. The number of aromatic nitrogens is 1. The molecule has 4 heterocycles. The second kappa shape index (κ2) is 5.52. The molecular formula is C16H18N2O3S. The molecule has 116 valence electrons. The zero-order valence-corrected chi connectivity index (χ0v) is 13.3. The summed E-state index contributed by atoms with van der Waals surface area (Å²) in [5.41, 5.74) is 0.515. The Bertz CT molecular complexity index is 693. The van der Waals surface area contributed by atoms with Crippen LogP contribution in [-0.4, -0.2) is 41.6 Å². The number of fused-ring (bicyclic) bond motifs is 1. The molecule has 2 aliphatic heterocycles. The van der Waals surface area contributed by atoms with Crippen molar-refractivity contribution in [2.45, 2.75) is 25.8 Å². The van der Waals surface area contributed by atoms with Crippen molar-refractivity contribution in [2.75, 3.05) is 19.8 Å². The number of piperidine rings is 1. The number of hydrogen-bond acceptors (Lipinski definition) is 5. The topological polar surface area (TPSA) is 55.6 Å². The Morgan fingerprint density at radius 1 is 1.41 bits per heavy atom. The fraction of sp³-hybridized carbons (Fsp3) is 0.500. The van der Waals surface area contributed by atoms with Gasteiger partial charge in [-0.15, -0.1) is 11.3 Å². The zero-order valence-electron chi connectivity index (χ0n) is 12.4. The number of carbonyl (C=O) groups excluding carboxylic acids is 1. The van der Waals surface area contributed by atoms with Crippen LogP contribution in [0.25, 0.3) is 10.8 Å². The van der Waals surface area contributed by atoms with Gasteiger partial charge in [0.1, 0.15) is 11.5 Å². The van der Waals surface area contributed by atoms with E-state index in [0.29, 0.717) is 18.2 Å². The molecule has 2 saturated heterocycles. The van der Waals surface area contributed by atoms with Crippen molar-refractivity contribution in [2.24, 2.45) is 5.92 Å². The molecule has 1 amide bonds. The first-order chi connectivity index (χ1) is 10.7. The number of hydrogen-bond donors (Lipinski definition) is 0. The highest BCUT2D eigenvalue weighted by atomic mass is 32.1. The molecule has 0 saturated carbocycles. The normalized spacial score (nSPS) is 24.5. The van der Waals surface area contributed by atoms with Gasteiger partial charge in [-0.25, -0.2) is 4.98 Å². The van der Waals surface area contributed by atoms with Crippen LogP contribution in [0.2, 0.25) is 0 Å². The van der Waals surface area contributed by atoms with Crippen molar-refractivity contribution in [3.8, 4) is 10.8 Å². The summed E-state index contributed by atoms with van der Waals surface area (Å²) in [6, 6.07) is 4.02. The Hall–Kier alpha value is -1.66. The summed E-state index contributed by atoms with van der Waals surface area (Å²) in [7, 11) is 0. The summed E-state index contributed by atoms with van der Waals surface area (Å²) in [5.74, 6) is 2.08. The van der Waals surface area contributed by atoms with E-state index in [1.807, 2.05) is 29.3 Å². The predicted octanol–water partition coefficient (Wildman–Crippen LogP) is 2.96. The third kappa shape index (κ3) is 2.36. The smallest absolute Gasteiger partial charge is 0.273 e. The molecule has 0 aromatic carbocycles. The monoisotopic (exact) mass is 318 g/mol. The van der Waals surface area contributed by atoms with E-state index in [1.54, 1.807) is 0 Å². The molecule has 5 nitrogen and oxygen atoms in total. The van der Waals surface area contributed by atoms with Crippen molar-refractivity contribution in [1.29, 1.82) is 0 Å².